The smallest absolute Gasteiger partial charge is 0.137 e. The van der Waals surface area contributed by atoms with Crippen molar-refractivity contribution in [1.82, 2.24) is 4.90 Å². The summed E-state index contributed by atoms with van der Waals surface area (Å²) in [7, 11) is 0. The van der Waals surface area contributed by atoms with Crippen LogP contribution < -0.4 is 9.64 Å². The molecule has 4 nitrogen and oxygen atoms in total. The molecule has 4 unspecified atom stereocenters. The molecule has 0 radical (unpaired) electrons. The monoisotopic (exact) mass is 616 g/mol. The Bertz CT molecular complexity index is 2080. The Morgan fingerprint density at radius 3 is 2.79 bits per heavy atom. The van der Waals surface area contributed by atoms with Gasteiger partial charge < -0.3 is 19.0 Å². The van der Waals surface area contributed by atoms with Crippen molar-refractivity contribution in [3.63, 3.8) is 0 Å². The van der Waals surface area contributed by atoms with Crippen molar-refractivity contribution in [2.75, 3.05) is 4.90 Å². The third-order valence-electron chi connectivity index (χ3n) is 11.3. The molecule has 0 spiro atoms. The van der Waals surface area contributed by atoms with Crippen LogP contribution >= 0.6 is 0 Å². The number of aryl methyl sites for hydroxylation is 1. The van der Waals surface area contributed by atoms with Crippen molar-refractivity contribution in [3.8, 4) is 5.75 Å². The van der Waals surface area contributed by atoms with Gasteiger partial charge in [-0.25, -0.2) is 0 Å². The summed E-state index contributed by atoms with van der Waals surface area (Å²) >= 11 is 0. The number of rotatable bonds is 4. The molecule has 1 aromatic heterocycles. The number of anilines is 2. The second-order valence-corrected chi connectivity index (χ2v) is 14.1. The third kappa shape index (κ3) is 4.26. The fourth-order valence-electron chi connectivity index (χ4n) is 9.15. The van der Waals surface area contributed by atoms with Crippen LogP contribution in [0.25, 0.3) is 17.0 Å². The lowest BCUT2D eigenvalue weighted by Gasteiger charge is -2.38. The molecule has 234 valence electrons. The van der Waals surface area contributed by atoms with Crippen molar-refractivity contribution < 1.29 is 9.15 Å². The minimum atomic E-state index is 0.292. The molecule has 5 aliphatic carbocycles. The molecular formula is C43H40N2O2. The molecule has 3 heterocycles. The molecule has 0 amide bonds. The first-order chi connectivity index (χ1) is 23.2. The van der Waals surface area contributed by atoms with E-state index in [-0.39, 0.29) is 0 Å². The molecule has 0 fully saturated rings. The van der Waals surface area contributed by atoms with Crippen LogP contribution in [0.3, 0.4) is 0 Å². The highest BCUT2D eigenvalue weighted by molar-refractivity contribution is 6.02. The van der Waals surface area contributed by atoms with E-state index in [1.807, 2.05) is 0 Å². The second-order valence-electron chi connectivity index (χ2n) is 14.1. The summed E-state index contributed by atoms with van der Waals surface area (Å²) in [5, 5.41) is 1.19. The van der Waals surface area contributed by atoms with Crippen LogP contribution in [-0.4, -0.2) is 17.0 Å². The van der Waals surface area contributed by atoms with Crippen molar-refractivity contribution in [1.29, 1.82) is 0 Å². The largest absolute Gasteiger partial charge is 0.461 e. The maximum Gasteiger partial charge on any atom is 0.137 e. The Labute approximate surface area is 277 Å². The lowest BCUT2D eigenvalue weighted by molar-refractivity contribution is 0.243. The van der Waals surface area contributed by atoms with Gasteiger partial charge in [-0.3, -0.25) is 0 Å². The van der Waals surface area contributed by atoms with Crippen LogP contribution in [0.4, 0.5) is 11.4 Å². The van der Waals surface area contributed by atoms with Gasteiger partial charge in [0, 0.05) is 52.5 Å². The van der Waals surface area contributed by atoms with Crippen LogP contribution in [0, 0.1) is 5.92 Å². The first-order valence-corrected chi connectivity index (χ1v) is 17.7. The van der Waals surface area contributed by atoms with Gasteiger partial charge in [-0.1, -0.05) is 72.4 Å². The second kappa shape index (κ2) is 10.7. The Hall–Kier alpha value is -4.70. The molecule has 0 saturated carbocycles. The summed E-state index contributed by atoms with van der Waals surface area (Å²) in [6.45, 7) is 2.21. The van der Waals surface area contributed by atoms with Gasteiger partial charge in [0.1, 0.15) is 22.9 Å². The number of hydrogen-bond donors (Lipinski definition) is 0. The van der Waals surface area contributed by atoms with E-state index in [1.165, 1.54) is 51.9 Å². The standard InChI is InChI=1S/C43H40N2O2/c1-27-17-19-28(20-18-27)45-36-12-5-2-9-31(36)35-25-29(22-24-37(35)45)44(30-21-23-33-32-10-3-6-14-39(32)47-42(33)26-30)38-13-8-16-41-43(38)34-11-4-7-15-40(34)46-41/h2,4,8-9,11,13-14,16-19,21-26,28,32,35,37H,3,5-7,10,12,15,20H2,1H3. The van der Waals surface area contributed by atoms with Gasteiger partial charge in [-0.2, -0.15) is 0 Å². The molecule has 7 aliphatic rings. The zero-order chi connectivity index (χ0) is 31.1. The van der Waals surface area contributed by atoms with E-state index in [1.54, 1.807) is 0 Å². The number of hydrogen-bond acceptors (Lipinski definition) is 4. The summed E-state index contributed by atoms with van der Waals surface area (Å²) in [5.41, 5.74) is 11.4. The maximum absolute atomic E-state index is 6.55. The van der Waals surface area contributed by atoms with Crippen molar-refractivity contribution in [2.45, 2.75) is 76.3 Å². The van der Waals surface area contributed by atoms with Crippen LogP contribution in [0.2, 0.25) is 0 Å². The van der Waals surface area contributed by atoms with E-state index in [4.69, 9.17) is 9.15 Å². The Morgan fingerprint density at radius 2 is 1.85 bits per heavy atom. The molecule has 4 atom stereocenters. The highest BCUT2D eigenvalue weighted by atomic mass is 16.5. The maximum atomic E-state index is 6.55. The molecule has 2 aromatic carbocycles. The summed E-state index contributed by atoms with van der Waals surface area (Å²) in [6.07, 6.45) is 34.9. The average molecular weight is 617 g/mol. The van der Waals surface area contributed by atoms with E-state index >= 15 is 0 Å². The number of nitrogens with zero attached hydrogens (tertiary/aromatic N) is 2. The Kier molecular flexibility index (Phi) is 6.22. The molecule has 10 rings (SSSR count). The first kappa shape index (κ1) is 27.4. The Morgan fingerprint density at radius 1 is 0.915 bits per heavy atom. The topological polar surface area (TPSA) is 28.9 Å². The molecular weight excluding hydrogens is 576 g/mol. The van der Waals surface area contributed by atoms with Gasteiger partial charge in [0.25, 0.3) is 0 Å². The molecule has 0 saturated heterocycles. The van der Waals surface area contributed by atoms with Crippen LogP contribution in [0.15, 0.2) is 130 Å². The number of ether oxygens (including phenoxy) is 1. The molecule has 47 heavy (non-hydrogen) atoms. The van der Waals surface area contributed by atoms with Gasteiger partial charge in [0.2, 0.25) is 0 Å². The molecule has 0 bridgehead atoms. The number of benzene rings is 2. The minimum absolute atomic E-state index is 0.292. The average Bonchev–Trinajstić information content (AvgIpc) is 3.78. The van der Waals surface area contributed by atoms with Crippen molar-refractivity contribution in [3.05, 3.63) is 142 Å². The molecule has 2 aliphatic heterocycles. The van der Waals surface area contributed by atoms with Gasteiger partial charge >= 0.3 is 0 Å². The summed E-state index contributed by atoms with van der Waals surface area (Å²) < 4.78 is 13.0. The predicted octanol–water partition coefficient (Wildman–Crippen LogP) is 10.7. The van der Waals surface area contributed by atoms with Crippen LogP contribution in [0.1, 0.15) is 74.7 Å². The normalized spacial score (nSPS) is 26.7. The van der Waals surface area contributed by atoms with Crippen LogP contribution in [-0.2, 0) is 6.42 Å². The lowest BCUT2D eigenvalue weighted by atomic mass is 9.86. The minimum Gasteiger partial charge on any atom is -0.461 e. The van der Waals surface area contributed by atoms with Crippen molar-refractivity contribution in [2.24, 2.45) is 5.92 Å². The number of fused-ring (bicyclic) bond motifs is 8. The number of furan rings is 1. The third-order valence-corrected chi connectivity index (χ3v) is 11.3. The van der Waals surface area contributed by atoms with Gasteiger partial charge in [-0.15, -0.1) is 0 Å². The summed E-state index contributed by atoms with van der Waals surface area (Å²) in [6, 6.07) is 14.2. The van der Waals surface area contributed by atoms with Crippen molar-refractivity contribution >= 4 is 28.4 Å². The van der Waals surface area contributed by atoms with E-state index in [9.17, 15) is 0 Å². The zero-order valence-electron chi connectivity index (χ0n) is 27.0. The number of allylic oxidation sites excluding steroid dienone is 9. The SMILES string of the molecule is CC1=CCC(N2C3=C(C=CCC3)C3C=C(N(c4ccc5c(c4)OC4=CCCCC45)c4cccc5oc6c(c45)C=CCC6)C=CC32)C=C1. The molecule has 3 aromatic rings. The van der Waals surface area contributed by atoms with Gasteiger partial charge in [-0.05, 0) is 87.8 Å². The summed E-state index contributed by atoms with van der Waals surface area (Å²) in [5.74, 6) is 3.92. The highest BCUT2D eigenvalue weighted by Crippen LogP contribution is 2.51. The van der Waals surface area contributed by atoms with E-state index in [2.05, 4.69) is 120 Å². The lowest BCUT2D eigenvalue weighted by Crippen LogP contribution is -2.41. The molecule has 4 heteroatoms. The fourth-order valence-corrected chi connectivity index (χ4v) is 9.15. The van der Waals surface area contributed by atoms with Gasteiger partial charge in [0.15, 0.2) is 0 Å². The Balaban J connectivity index is 1.12. The highest BCUT2D eigenvalue weighted by Gasteiger charge is 2.42. The van der Waals surface area contributed by atoms with E-state index < -0.39 is 0 Å². The first-order valence-electron chi connectivity index (χ1n) is 17.7. The van der Waals surface area contributed by atoms with Crippen LogP contribution in [0.5, 0.6) is 5.75 Å². The molecule has 0 N–H and O–H groups in total. The summed E-state index contributed by atoms with van der Waals surface area (Å²) in [4.78, 5) is 5.20. The fraction of sp³-hybridized carbons (Fsp3) is 0.302. The van der Waals surface area contributed by atoms with Gasteiger partial charge in [0.05, 0.1) is 23.2 Å². The van der Waals surface area contributed by atoms with E-state index in [0.717, 1.165) is 72.8 Å². The van der Waals surface area contributed by atoms with E-state index in [0.29, 0.717) is 23.9 Å². The quantitative estimate of drug-likeness (QED) is 0.292. The zero-order valence-corrected chi connectivity index (χ0v) is 27.0. The predicted molar refractivity (Wildman–Crippen MR) is 190 cm³/mol.